The van der Waals surface area contributed by atoms with Gasteiger partial charge in [0.1, 0.15) is 5.60 Å². The Bertz CT molecular complexity index is 737. The van der Waals surface area contributed by atoms with Crippen LogP contribution < -0.4 is 0 Å². The topological polar surface area (TPSA) is 79.7 Å². The van der Waals surface area contributed by atoms with Gasteiger partial charge in [0.15, 0.2) is 0 Å². The molecule has 6 nitrogen and oxygen atoms in total. The van der Waals surface area contributed by atoms with Crippen molar-refractivity contribution in [1.29, 1.82) is 0 Å². The minimum absolute atomic E-state index is 0.0238. The molecule has 0 aliphatic carbocycles. The van der Waals surface area contributed by atoms with E-state index in [1.807, 2.05) is 51.1 Å². The summed E-state index contributed by atoms with van der Waals surface area (Å²) in [5, 5.41) is 8.85. The highest BCUT2D eigenvalue weighted by molar-refractivity contribution is 5.70. The highest BCUT2D eigenvalue weighted by atomic mass is 16.6. The number of carbonyl (C=O) groups excluding carboxylic acids is 1. The molecule has 1 aromatic carbocycles. The molecular weight excluding hydrogens is 332 g/mol. The fourth-order valence-electron chi connectivity index (χ4n) is 2.36. The number of hydrogen-bond acceptors (Lipinski definition) is 4. The van der Waals surface area contributed by atoms with Crippen molar-refractivity contribution in [3.8, 4) is 0 Å². The van der Waals surface area contributed by atoms with E-state index in [9.17, 15) is 9.59 Å². The summed E-state index contributed by atoms with van der Waals surface area (Å²) in [4.78, 5) is 29.2. The number of carbonyl (C=O) groups is 2. The summed E-state index contributed by atoms with van der Waals surface area (Å²) in [6, 6.07) is 12.7. The quantitative estimate of drug-likeness (QED) is 0.855. The van der Waals surface area contributed by atoms with Crippen LogP contribution in [0.15, 0.2) is 48.7 Å². The highest BCUT2D eigenvalue weighted by Gasteiger charge is 2.23. The summed E-state index contributed by atoms with van der Waals surface area (Å²) >= 11 is 0. The third-order valence-corrected chi connectivity index (χ3v) is 3.48. The lowest BCUT2D eigenvalue weighted by atomic mass is 10.1. The third-order valence-electron chi connectivity index (χ3n) is 3.48. The Kier molecular flexibility index (Phi) is 6.33. The van der Waals surface area contributed by atoms with Crippen LogP contribution in [0.25, 0.3) is 0 Å². The summed E-state index contributed by atoms with van der Waals surface area (Å²) in [7, 11) is 0. The largest absolute Gasteiger partial charge is 0.481 e. The van der Waals surface area contributed by atoms with Gasteiger partial charge in [0.2, 0.25) is 0 Å². The maximum atomic E-state index is 12.6. The normalized spacial score (nSPS) is 11.0. The van der Waals surface area contributed by atoms with Crippen molar-refractivity contribution >= 4 is 12.1 Å². The van der Waals surface area contributed by atoms with Crippen LogP contribution in [0.4, 0.5) is 4.79 Å². The van der Waals surface area contributed by atoms with Crippen LogP contribution in [0, 0.1) is 0 Å². The lowest BCUT2D eigenvalue weighted by Crippen LogP contribution is -2.36. The maximum absolute atomic E-state index is 12.6. The Hall–Kier alpha value is -2.89. The first kappa shape index (κ1) is 19.4. The molecule has 2 aromatic rings. The van der Waals surface area contributed by atoms with Crippen LogP contribution >= 0.6 is 0 Å². The predicted molar refractivity (Wildman–Crippen MR) is 97.5 cm³/mol. The Balaban J connectivity index is 2.14. The van der Waals surface area contributed by atoms with Gasteiger partial charge in [0.05, 0.1) is 18.7 Å². The number of carboxylic acid groups (broad SMARTS) is 1. The molecule has 26 heavy (non-hydrogen) atoms. The zero-order valence-corrected chi connectivity index (χ0v) is 15.3. The Morgan fingerprint density at radius 1 is 1.04 bits per heavy atom. The molecule has 1 amide bonds. The van der Waals surface area contributed by atoms with Gasteiger partial charge in [0.25, 0.3) is 0 Å². The summed E-state index contributed by atoms with van der Waals surface area (Å²) in [6.07, 6.45) is 1.24. The van der Waals surface area contributed by atoms with Crippen LogP contribution in [0.2, 0.25) is 0 Å². The number of benzene rings is 1. The fraction of sp³-hybridized carbons (Fsp3) is 0.350. The second-order valence-electron chi connectivity index (χ2n) is 7.04. The monoisotopic (exact) mass is 356 g/mol. The van der Waals surface area contributed by atoms with Crippen molar-refractivity contribution in [3.63, 3.8) is 0 Å². The molecule has 0 aliphatic heterocycles. The van der Waals surface area contributed by atoms with Gasteiger partial charge >= 0.3 is 12.1 Å². The number of aromatic nitrogens is 1. The van der Waals surface area contributed by atoms with E-state index in [2.05, 4.69) is 4.98 Å². The lowest BCUT2D eigenvalue weighted by Gasteiger charge is -2.27. The molecule has 0 bridgehead atoms. The number of hydrogen-bond donors (Lipinski definition) is 1. The van der Waals surface area contributed by atoms with Crippen LogP contribution in [0.3, 0.4) is 0 Å². The smallest absolute Gasteiger partial charge is 0.410 e. The fourth-order valence-corrected chi connectivity index (χ4v) is 2.36. The molecule has 0 fully saturated rings. The number of rotatable bonds is 6. The van der Waals surface area contributed by atoms with E-state index in [1.54, 1.807) is 23.2 Å². The molecule has 1 heterocycles. The number of nitrogens with zero attached hydrogens (tertiary/aromatic N) is 2. The van der Waals surface area contributed by atoms with Gasteiger partial charge < -0.3 is 9.84 Å². The molecule has 0 aliphatic rings. The summed E-state index contributed by atoms with van der Waals surface area (Å²) in [6.45, 7) is 6.14. The minimum Gasteiger partial charge on any atom is -0.481 e. The van der Waals surface area contributed by atoms with E-state index in [0.717, 1.165) is 16.8 Å². The van der Waals surface area contributed by atoms with Crippen molar-refractivity contribution in [2.45, 2.75) is 45.9 Å². The molecule has 0 saturated heterocycles. The molecule has 0 unspecified atom stereocenters. The van der Waals surface area contributed by atoms with E-state index in [4.69, 9.17) is 9.84 Å². The first-order valence-corrected chi connectivity index (χ1v) is 8.40. The summed E-state index contributed by atoms with van der Waals surface area (Å²) in [5.74, 6) is -0.872. The van der Waals surface area contributed by atoms with Gasteiger partial charge in [0, 0.05) is 12.7 Å². The van der Waals surface area contributed by atoms with Gasteiger partial charge in [-0.3, -0.25) is 14.7 Å². The zero-order chi connectivity index (χ0) is 19.2. The van der Waals surface area contributed by atoms with Gasteiger partial charge in [-0.15, -0.1) is 0 Å². The number of aliphatic carboxylic acids is 1. The first-order valence-electron chi connectivity index (χ1n) is 8.40. The van der Waals surface area contributed by atoms with E-state index < -0.39 is 17.7 Å². The molecule has 0 atom stereocenters. The molecule has 2 rings (SSSR count). The molecular formula is C20H24N2O4. The number of pyridine rings is 1. The van der Waals surface area contributed by atoms with Crippen molar-refractivity contribution in [2.75, 3.05) is 0 Å². The molecule has 0 spiro atoms. The van der Waals surface area contributed by atoms with Gasteiger partial charge in [-0.25, -0.2) is 4.79 Å². The second kappa shape index (κ2) is 8.47. The Morgan fingerprint density at radius 3 is 2.23 bits per heavy atom. The molecule has 0 radical (unpaired) electrons. The lowest BCUT2D eigenvalue weighted by molar-refractivity contribution is -0.136. The van der Waals surface area contributed by atoms with Crippen LogP contribution in [-0.4, -0.2) is 32.7 Å². The van der Waals surface area contributed by atoms with E-state index in [-0.39, 0.29) is 6.42 Å². The SMILES string of the molecule is CC(C)(C)OC(=O)N(Cc1ccc(CC(=O)O)cc1)Cc1ccccn1. The van der Waals surface area contributed by atoms with E-state index in [1.165, 1.54) is 0 Å². The summed E-state index contributed by atoms with van der Waals surface area (Å²) < 4.78 is 5.50. The van der Waals surface area contributed by atoms with Crippen molar-refractivity contribution in [3.05, 3.63) is 65.5 Å². The Labute approximate surface area is 153 Å². The Morgan fingerprint density at radius 2 is 1.69 bits per heavy atom. The highest BCUT2D eigenvalue weighted by Crippen LogP contribution is 2.16. The zero-order valence-electron chi connectivity index (χ0n) is 15.3. The van der Waals surface area contributed by atoms with Crippen molar-refractivity contribution in [1.82, 2.24) is 9.88 Å². The molecule has 138 valence electrons. The minimum atomic E-state index is -0.872. The number of carboxylic acids is 1. The first-order chi connectivity index (χ1) is 12.2. The molecule has 1 N–H and O–H groups in total. The van der Waals surface area contributed by atoms with Gasteiger partial charge in [-0.1, -0.05) is 30.3 Å². The van der Waals surface area contributed by atoms with Gasteiger partial charge in [-0.05, 0) is 44.0 Å². The second-order valence-corrected chi connectivity index (χ2v) is 7.04. The number of ether oxygens (including phenoxy) is 1. The average Bonchev–Trinajstić information content (AvgIpc) is 2.55. The predicted octanol–water partition coefficient (Wildman–Crippen LogP) is 3.65. The van der Waals surface area contributed by atoms with Gasteiger partial charge in [-0.2, -0.15) is 0 Å². The van der Waals surface area contributed by atoms with Crippen LogP contribution in [0.5, 0.6) is 0 Å². The number of amides is 1. The average molecular weight is 356 g/mol. The van der Waals surface area contributed by atoms with E-state index in [0.29, 0.717) is 13.1 Å². The van der Waals surface area contributed by atoms with Crippen LogP contribution in [0.1, 0.15) is 37.6 Å². The third kappa shape index (κ3) is 6.55. The molecule has 0 saturated carbocycles. The standard InChI is InChI=1S/C20H24N2O4/c1-20(2,3)26-19(25)22(14-17-6-4-5-11-21-17)13-16-9-7-15(8-10-16)12-18(23)24/h4-11H,12-14H2,1-3H3,(H,23,24). The van der Waals surface area contributed by atoms with Crippen molar-refractivity contribution < 1.29 is 19.4 Å². The van der Waals surface area contributed by atoms with Crippen LogP contribution in [-0.2, 0) is 29.0 Å². The molecule has 6 heteroatoms. The van der Waals surface area contributed by atoms with Crippen molar-refractivity contribution in [2.24, 2.45) is 0 Å². The van der Waals surface area contributed by atoms with E-state index >= 15 is 0 Å². The maximum Gasteiger partial charge on any atom is 0.410 e. The molecule has 1 aromatic heterocycles. The summed E-state index contributed by atoms with van der Waals surface area (Å²) in [5.41, 5.74) is 1.78.